The van der Waals surface area contributed by atoms with E-state index >= 15 is 0 Å². The van der Waals surface area contributed by atoms with E-state index in [0.717, 1.165) is 16.2 Å². The van der Waals surface area contributed by atoms with Crippen LogP contribution in [0.15, 0.2) is 21.2 Å². The van der Waals surface area contributed by atoms with Gasteiger partial charge in [0.15, 0.2) is 0 Å². The fraction of sp³-hybridized carbons (Fsp3) is 0.556. The molecule has 1 unspecified atom stereocenters. The lowest BCUT2D eigenvalue weighted by molar-refractivity contribution is 0.714. The van der Waals surface area contributed by atoms with Crippen molar-refractivity contribution in [3.63, 3.8) is 0 Å². The highest BCUT2D eigenvalue weighted by Gasteiger charge is 2.31. The topological polar surface area (TPSA) is 0 Å². The van der Waals surface area contributed by atoms with Crippen LogP contribution >= 0.6 is 34.8 Å². The Kier molecular flexibility index (Phi) is 2.82. The minimum absolute atomic E-state index is 0.409. The van der Waals surface area contributed by atoms with Crippen molar-refractivity contribution in [3.8, 4) is 0 Å². The van der Waals surface area contributed by atoms with E-state index in [-0.39, 0.29) is 0 Å². The number of rotatable bonds is 0. The van der Waals surface area contributed by atoms with Gasteiger partial charge in [0.25, 0.3) is 0 Å². The van der Waals surface area contributed by atoms with Crippen LogP contribution in [0.5, 0.6) is 0 Å². The Balaban J connectivity index is 3.20. The van der Waals surface area contributed by atoms with Gasteiger partial charge in [0.05, 0.1) is 4.87 Å². The first-order valence-electron chi connectivity index (χ1n) is 3.77. The van der Waals surface area contributed by atoms with E-state index in [9.17, 15) is 0 Å². The number of hydrogen-bond acceptors (Lipinski definition) is 0. The molecule has 0 aromatic heterocycles. The highest BCUT2D eigenvalue weighted by molar-refractivity contribution is 6.38. The van der Waals surface area contributed by atoms with E-state index in [1.807, 2.05) is 20.8 Å². The summed E-state index contributed by atoms with van der Waals surface area (Å²) in [6.07, 6.45) is 0.671. The van der Waals surface area contributed by atoms with Crippen LogP contribution in [-0.4, -0.2) is 4.87 Å². The van der Waals surface area contributed by atoms with Crippen molar-refractivity contribution in [1.82, 2.24) is 0 Å². The molecule has 0 amide bonds. The molecule has 1 rings (SSSR count). The molecule has 1 aliphatic carbocycles. The Bertz CT molecular complexity index is 271. The van der Waals surface area contributed by atoms with Crippen LogP contribution in [0.2, 0.25) is 0 Å². The minimum atomic E-state index is -0.409. The lowest BCUT2D eigenvalue weighted by atomic mass is 9.90. The quantitative estimate of drug-likeness (QED) is 0.536. The standard InChI is InChI=1S/C9H11Cl3/c1-5-7(10)4-9(3,12)6(2)8(5)11/h4H2,1-3H3. The number of hydrogen-bond donors (Lipinski definition) is 0. The Morgan fingerprint density at radius 2 is 1.75 bits per heavy atom. The highest BCUT2D eigenvalue weighted by atomic mass is 35.5. The van der Waals surface area contributed by atoms with Gasteiger partial charge in [-0.15, -0.1) is 11.6 Å². The van der Waals surface area contributed by atoms with Crippen molar-refractivity contribution in [1.29, 1.82) is 0 Å². The van der Waals surface area contributed by atoms with E-state index in [0.29, 0.717) is 11.5 Å². The molecule has 1 aliphatic rings. The maximum Gasteiger partial charge on any atom is 0.0690 e. The van der Waals surface area contributed by atoms with Crippen molar-refractivity contribution in [2.45, 2.75) is 32.1 Å². The SMILES string of the molecule is CC1=C(Cl)CC(C)(Cl)C(C)=C1Cl. The maximum atomic E-state index is 6.22. The predicted molar refractivity (Wildman–Crippen MR) is 56.0 cm³/mol. The van der Waals surface area contributed by atoms with E-state index in [4.69, 9.17) is 34.8 Å². The van der Waals surface area contributed by atoms with Crippen molar-refractivity contribution >= 4 is 34.8 Å². The van der Waals surface area contributed by atoms with Crippen LogP contribution in [0.4, 0.5) is 0 Å². The van der Waals surface area contributed by atoms with Crippen LogP contribution in [0, 0.1) is 0 Å². The number of allylic oxidation sites excluding steroid dienone is 4. The van der Waals surface area contributed by atoms with Crippen LogP contribution in [0.25, 0.3) is 0 Å². The second-order valence-electron chi connectivity index (χ2n) is 3.34. The van der Waals surface area contributed by atoms with Gasteiger partial charge in [-0.25, -0.2) is 0 Å². The molecule has 12 heavy (non-hydrogen) atoms. The van der Waals surface area contributed by atoms with Crippen molar-refractivity contribution in [2.75, 3.05) is 0 Å². The number of halogens is 3. The van der Waals surface area contributed by atoms with E-state index in [2.05, 4.69) is 0 Å². The molecule has 0 saturated carbocycles. The molecular formula is C9H11Cl3. The van der Waals surface area contributed by atoms with Gasteiger partial charge in [0.1, 0.15) is 0 Å². The fourth-order valence-electron chi connectivity index (χ4n) is 1.19. The van der Waals surface area contributed by atoms with E-state index in [1.165, 1.54) is 0 Å². The van der Waals surface area contributed by atoms with Crippen LogP contribution < -0.4 is 0 Å². The minimum Gasteiger partial charge on any atom is -0.114 e. The summed E-state index contributed by atoms with van der Waals surface area (Å²) in [5.41, 5.74) is 1.96. The molecule has 0 nitrogen and oxygen atoms in total. The monoisotopic (exact) mass is 224 g/mol. The second kappa shape index (κ2) is 3.25. The summed E-state index contributed by atoms with van der Waals surface area (Å²) in [6, 6.07) is 0. The molecule has 3 heteroatoms. The first-order valence-corrected chi connectivity index (χ1v) is 4.91. The van der Waals surface area contributed by atoms with Gasteiger partial charge in [-0.3, -0.25) is 0 Å². The molecule has 0 aromatic carbocycles. The van der Waals surface area contributed by atoms with Crippen LogP contribution in [0.3, 0.4) is 0 Å². The predicted octanol–water partition coefficient (Wildman–Crippen LogP) is 4.41. The Hall–Kier alpha value is 0.350. The molecule has 0 bridgehead atoms. The summed E-state index contributed by atoms with van der Waals surface area (Å²) in [5, 5.41) is 1.48. The molecule has 0 N–H and O–H groups in total. The average molecular weight is 226 g/mol. The van der Waals surface area contributed by atoms with Gasteiger partial charge in [0, 0.05) is 16.5 Å². The first kappa shape index (κ1) is 10.4. The molecule has 0 heterocycles. The Labute approximate surface area is 88.2 Å². The molecule has 68 valence electrons. The zero-order valence-corrected chi connectivity index (χ0v) is 9.61. The normalized spacial score (nSPS) is 31.5. The van der Waals surface area contributed by atoms with Gasteiger partial charge >= 0.3 is 0 Å². The molecule has 0 saturated heterocycles. The smallest absolute Gasteiger partial charge is 0.0690 e. The summed E-state index contributed by atoms with van der Waals surface area (Å²) < 4.78 is 0. The molecular weight excluding hydrogens is 214 g/mol. The maximum absolute atomic E-state index is 6.22. The Morgan fingerprint density at radius 3 is 2.25 bits per heavy atom. The van der Waals surface area contributed by atoms with Gasteiger partial charge in [-0.1, -0.05) is 23.2 Å². The van der Waals surface area contributed by atoms with Gasteiger partial charge in [-0.2, -0.15) is 0 Å². The largest absolute Gasteiger partial charge is 0.114 e. The summed E-state index contributed by atoms with van der Waals surface area (Å²) in [4.78, 5) is -0.409. The molecule has 0 fully saturated rings. The second-order valence-corrected chi connectivity index (χ2v) is 5.01. The van der Waals surface area contributed by atoms with Crippen molar-refractivity contribution in [3.05, 3.63) is 21.2 Å². The van der Waals surface area contributed by atoms with E-state index in [1.54, 1.807) is 0 Å². The average Bonchev–Trinajstić information content (AvgIpc) is 1.97. The van der Waals surface area contributed by atoms with E-state index < -0.39 is 4.87 Å². The van der Waals surface area contributed by atoms with Gasteiger partial charge < -0.3 is 0 Å². The summed E-state index contributed by atoms with van der Waals surface area (Å²) >= 11 is 18.3. The summed E-state index contributed by atoms with van der Waals surface area (Å²) in [7, 11) is 0. The Morgan fingerprint density at radius 1 is 1.25 bits per heavy atom. The third-order valence-corrected chi connectivity index (χ3v) is 3.74. The van der Waals surface area contributed by atoms with Crippen molar-refractivity contribution in [2.24, 2.45) is 0 Å². The molecule has 0 spiro atoms. The lowest BCUT2D eigenvalue weighted by Crippen LogP contribution is -2.22. The first-order chi connectivity index (χ1) is 5.36. The molecule has 0 aliphatic heterocycles. The van der Waals surface area contributed by atoms with Crippen LogP contribution in [-0.2, 0) is 0 Å². The highest BCUT2D eigenvalue weighted by Crippen LogP contribution is 2.43. The van der Waals surface area contributed by atoms with Gasteiger partial charge in [-0.05, 0) is 31.9 Å². The molecule has 0 aromatic rings. The zero-order chi connectivity index (χ0) is 9.52. The zero-order valence-electron chi connectivity index (χ0n) is 7.34. The molecule has 0 radical (unpaired) electrons. The molecule has 1 atom stereocenters. The van der Waals surface area contributed by atoms with Crippen LogP contribution in [0.1, 0.15) is 27.2 Å². The third kappa shape index (κ3) is 1.66. The number of alkyl halides is 1. The van der Waals surface area contributed by atoms with Crippen molar-refractivity contribution < 1.29 is 0 Å². The lowest BCUT2D eigenvalue weighted by Gasteiger charge is -2.29. The summed E-state index contributed by atoms with van der Waals surface area (Å²) in [6.45, 7) is 5.80. The fourth-order valence-corrected chi connectivity index (χ4v) is 2.26. The van der Waals surface area contributed by atoms with Gasteiger partial charge in [0.2, 0.25) is 0 Å². The summed E-state index contributed by atoms with van der Waals surface area (Å²) in [5.74, 6) is 0. The third-order valence-electron chi connectivity index (χ3n) is 2.33.